The number of hydrogen-bond acceptors (Lipinski definition) is 3. The lowest BCUT2D eigenvalue weighted by atomic mass is 10.3. The van der Waals surface area contributed by atoms with Gasteiger partial charge in [0, 0.05) is 47.4 Å². The minimum atomic E-state index is 0. The topological polar surface area (TPSA) is 49.0 Å². The molecule has 2 heterocycles. The molecular formula is C14H23IN6. The van der Waals surface area contributed by atoms with Crippen LogP contribution < -0.4 is 0 Å². The van der Waals surface area contributed by atoms with E-state index in [9.17, 15) is 0 Å². The molecule has 0 aliphatic heterocycles. The molecule has 7 heteroatoms. The van der Waals surface area contributed by atoms with Gasteiger partial charge in [0.15, 0.2) is 11.6 Å². The Hall–Kier alpha value is -1.38. The van der Waals surface area contributed by atoms with Crippen molar-refractivity contribution in [3.8, 4) is 0 Å². The predicted molar refractivity (Wildman–Crippen MR) is 96.4 cm³/mol. The number of guanidine groups is 1. The highest BCUT2D eigenvalue weighted by atomic mass is 127. The van der Waals surface area contributed by atoms with Crippen LogP contribution in [0.25, 0.3) is 5.65 Å². The molecule has 0 bridgehead atoms. The molecule has 0 N–H and O–H groups in total. The van der Waals surface area contributed by atoms with Crippen LogP contribution in [0.3, 0.4) is 0 Å². The van der Waals surface area contributed by atoms with Crippen LogP contribution in [0.5, 0.6) is 0 Å². The lowest BCUT2D eigenvalue weighted by molar-refractivity contribution is 0.478. The Morgan fingerprint density at radius 1 is 1.14 bits per heavy atom. The fourth-order valence-corrected chi connectivity index (χ4v) is 2.16. The molecule has 0 spiro atoms. The number of halogens is 1. The van der Waals surface area contributed by atoms with E-state index in [4.69, 9.17) is 0 Å². The summed E-state index contributed by atoms with van der Waals surface area (Å²) >= 11 is 0. The molecule has 0 aromatic carbocycles. The number of pyridine rings is 1. The average molecular weight is 402 g/mol. The Balaban J connectivity index is 0.00000220. The largest absolute Gasteiger partial charge is 0.349 e. The molecule has 0 saturated heterocycles. The van der Waals surface area contributed by atoms with Gasteiger partial charge in [-0.1, -0.05) is 6.07 Å². The summed E-state index contributed by atoms with van der Waals surface area (Å²) in [5.41, 5.74) is 0.897. The molecule has 0 unspecified atom stereocenters. The molecule has 6 nitrogen and oxygen atoms in total. The van der Waals surface area contributed by atoms with E-state index in [1.165, 1.54) is 0 Å². The SMILES string of the molecule is CN(C)C(=NCCCc1nnc2ccccn12)N(C)C.I. The molecule has 0 aliphatic carbocycles. The summed E-state index contributed by atoms with van der Waals surface area (Å²) in [6, 6.07) is 5.93. The average Bonchev–Trinajstić information content (AvgIpc) is 2.81. The first-order valence-electron chi connectivity index (χ1n) is 6.77. The summed E-state index contributed by atoms with van der Waals surface area (Å²) in [6.45, 7) is 0.785. The van der Waals surface area contributed by atoms with Crippen molar-refractivity contribution >= 4 is 35.6 Å². The quantitative estimate of drug-likeness (QED) is 0.339. The summed E-state index contributed by atoms with van der Waals surface area (Å²) in [6.07, 6.45) is 3.84. The van der Waals surface area contributed by atoms with Gasteiger partial charge in [0.25, 0.3) is 0 Å². The van der Waals surface area contributed by atoms with Crippen LogP contribution in [-0.2, 0) is 6.42 Å². The van der Waals surface area contributed by atoms with Gasteiger partial charge in [0.05, 0.1) is 0 Å². The minimum Gasteiger partial charge on any atom is -0.349 e. The molecule has 0 amide bonds. The Labute approximate surface area is 142 Å². The van der Waals surface area contributed by atoms with E-state index < -0.39 is 0 Å². The van der Waals surface area contributed by atoms with E-state index >= 15 is 0 Å². The van der Waals surface area contributed by atoms with Crippen LogP contribution in [0.2, 0.25) is 0 Å². The fraction of sp³-hybridized carbons (Fsp3) is 0.500. The van der Waals surface area contributed by atoms with Crippen LogP contribution in [0, 0.1) is 0 Å². The van der Waals surface area contributed by atoms with Crippen molar-refractivity contribution in [2.24, 2.45) is 4.99 Å². The zero-order chi connectivity index (χ0) is 14.5. The van der Waals surface area contributed by atoms with Crippen molar-refractivity contribution in [3.05, 3.63) is 30.2 Å². The highest BCUT2D eigenvalue weighted by Gasteiger charge is 2.05. The van der Waals surface area contributed by atoms with E-state index in [1.807, 2.05) is 66.8 Å². The molecule has 0 saturated carbocycles. The van der Waals surface area contributed by atoms with Gasteiger partial charge >= 0.3 is 0 Å². The van der Waals surface area contributed by atoms with Gasteiger partial charge in [-0.2, -0.15) is 0 Å². The third-order valence-corrected chi connectivity index (χ3v) is 3.00. The molecule has 0 radical (unpaired) electrons. The predicted octanol–water partition coefficient (Wildman–Crippen LogP) is 1.76. The monoisotopic (exact) mass is 402 g/mol. The molecule has 2 aromatic heterocycles. The first-order valence-corrected chi connectivity index (χ1v) is 6.77. The third kappa shape index (κ3) is 4.55. The number of aromatic nitrogens is 3. The van der Waals surface area contributed by atoms with Gasteiger partial charge in [0.2, 0.25) is 0 Å². The Morgan fingerprint density at radius 3 is 2.52 bits per heavy atom. The number of rotatable bonds is 4. The van der Waals surface area contributed by atoms with Gasteiger partial charge in [0.1, 0.15) is 5.82 Å². The van der Waals surface area contributed by atoms with Crippen LogP contribution in [0.1, 0.15) is 12.2 Å². The van der Waals surface area contributed by atoms with E-state index in [-0.39, 0.29) is 24.0 Å². The maximum atomic E-state index is 4.61. The molecule has 116 valence electrons. The molecule has 2 rings (SSSR count). The third-order valence-electron chi connectivity index (χ3n) is 3.00. The van der Waals surface area contributed by atoms with Crippen molar-refractivity contribution < 1.29 is 0 Å². The highest BCUT2D eigenvalue weighted by molar-refractivity contribution is 14.0. The number of aryl methyl sites for hydroxylation is 1. The van der Waals surface area contributed by atoms with E-state index in [0.717, 1.165) is 36.8 Å². The zero-order valence-corrected chi connectivity index (χ0v) is 15.4. The summed E-state index contributed by atoms with van der Waals surface area (Å²) in [7, 11) is 8.02. The van der Waals surface area contributed by atoms with Gasteiger partial charge in [-0.3, -0.25) is 9.39 Å². The molecule has 21 heavy (non-hydrogen) atoms. The standard InChI is InChI=1S/C14H22N6.HI/c1-18(2)14(19(3)4)15-10-7-9-13-17-16-12-8-5-6-11-20(12)13;/h5-6,8,11H,7,9-10H2,1-4H3;1H. The van der Waals surface area contributed by atoms with Crippen molar-refractivity contribution in [2.75, 3.05) is 34.7 Å². The summed E-state index contributed by atoms with van der Waals surface area (Å²) in [5, 5.41) is 8.38. The maximum Gasteiger partial charge on any atom is 0.195 e. The molecule has 2 aromatic rings. The Morgan fingerprint density at radius 2 is 1.86 bits per heavy atom. The minimum absolute atomic E-state index is 0. The van der Waals surface area contributed by atoms with Crippen molar-refractivity contribution in [2.45, 2.75) is 12.8 Å². The van der Waals surface area contributed by atoms with Gasteiger partial charge in [-0.15, -0.1) is 34.2 Å². The normalized spacial score (nSPS) is 10.1. The molecule has 0 aliphatic rings. The van der Waals surface area contributed by atoms with Crippen LogP contribution >= 0.6 is 24.0 Å². The summed E-state index contributed by atoms with van der Waals surface area (Å²) in [4.78, 5) is 8.65. The van der Waals surface area contributed by atoms with Gasteiger partial charge in [-0.25, -0.2) is 0 Å². The van der Waals surface area contributed by atoms with Gasteiger partial charge in [-0.05, 0) is 18.6 Å². The van der Waals surface area contributed by atoms with Crippen LogP contribution in [0.15, 0.2) is 29.4 Å². The summed E-state index contributed by atoms with van der Waals surface area (Å²) < 4.78 is 2.03. The fourth-order valence-electron chi connectivity index (χ4n) is 2.16. The smallest absolute Gasteiger partial charge is 0.195 e. The molecular weight excluding hydrogens is 379 g/mol. The number of nitrogens with zero attached hydrogens (tertiary/aromatic N) is 6. The second-order valence-corrected chi connectivity index (χ2v) is 5.12. The Bertz CT molecular complexity index is 580. The first kappa shape index (κ1) is 17.7. The molecule has 0 fully saturated rings. The zero-order valence-electron chi connectivity index (χ0n) is 13.0. The van der Waals surface area contributed by atoms with E-state index in [0.29, 0.717) is 0 Å². The van der Waals surface area contributed by atoms with Gasteiger partial charge < -0.3 is 9.80 Å². The Kier molecular flexibility index (Phi) is 6.86. The van der Waals surface area contributed by atoms with Crippen molar-refractivity contribution in [3.63, 3.8) is 0 Å². The second kappa shape index (κ2) is 8.16. The number of hydrogen-bond donors (Lipinski definition) is 0. The second-order valence-electron chi connectivity index (χ2n) is 5.12. The van der Waals surface area contributed by atoms with Crippen LogP contribution in [0.4, 0.5) is 0 Å². The first-order chi connectivity index (χ1) is 9.59. The number of fused-ring (bicyclic) bond motifs is 1. The van der Waals surface area contributed by atoms with Crippen molar-refractivity contribution in [1.82, 2.24) is 24.4 Å². The highest BCUT2D eigenvalue weighted by Crippen LogP contribution is 2.05. The van der Waals surface area contributed by atoms with E-state index in [1.54, 1.807) is 0 Å². The lowest BCUT2D eigenvalue weighted by Crippen LogP contribution is -2.35. The van der Waals surface area contributed by atoms with Crippen LogP contribution in [-0.4, -0.2) is 65.1 Å². The van der Waals surface area contributed by atoms with E-state index in [2.05, 4.69) is 15.2 Å². The maximum absolute atomic E-state index is 4.61. The summed E-state index contributed by atoms with van der Waals surface area (Å²) in [5.74, 6) is 1.98. The number of aliphatic imine (C=N–C) groups is 1. The molecule has 0 atom stereocenters. The van der Waals surface area contributed by atoms with Crippen molar-refractivity contribution in [1.29, 1.82) is 0 Å². The lowest BCUT2D eigenvalue weighted by Gasteiger charge is -2.22.